The highest BCUT2D eigenvalue weighted by molar-refractivity contribution is 5.92. The molecule has 1 aromatic rings. The minimum absolute atomic E-state index is 0.199. The summed E-state index contributed by atoms with van der Waals surface area (Å²) in [6, 6.07) is 3.41. The van der Waals surface area contributed by atoms with E-state index in [4.69, 9.17) is 5.73 Å². The Balaban J connectivity index is 2.42. The molecule has 17 heavy (non-hydrogen) atoms. The predicted octanol–water partition coefficient (Wildman–Crippen LogP) is 0.377. The van der Waals surface area contributed by atoms with Gasteiger partial charge in [0.15, 0.2) is 5.69 Å². The molecule has 0 aromatic carbocycles. The van der Waals surface area contributed by atoms with Crippen LogP contribution in [-0.4, -0.2) is 35.7 Å². The first kappa shape index (κ1) is 13.4. The number of hydrogen-bond acceptors (Lipinski definition) is 5. The molecule has 1 aromatic heterocycles. The van der Waals surface area contributed by atoms with Crippen LogP contribution in [0.1, 0.15) is 30.3 Å². The first-order valence-corrected chi connectivity index (χ1v) is 5.83. The number of aromatic nitrogens is 2. The third-order valence-electron chi connectivity index (χ3n) is 2.17. The maximum Gasteiger partial charge on any atom is 0.271 e. The smallest absolute Gasteiger partial charge is 0.271 e. The van der Waals surface area contributed by atoms with Crippen LogP contribution < -0.4 is 16.4 Å². The fourth-order valence-corrected chi connectivity index (χ4v) is 1.28. The van der Waals surface area contributed by atoms with Crippen LogP contribution in [-0.2, 0) is 0 Å². The van der Waals surface area contributed by atoms with Crippen LogP contribution in [0.2, 0.25) is 0 Å². The van der Waals surface area contributed by atoms with Gasteiger partial charge in [0.05, 0.1) is 0 Å². The van der Waals surface area contributed by atoms with E-state index in [1.165, 1.54) is 0 Å². The Morgan fingerprint density at radius 3 is 2.76 bits per heavy atom. The second-order valence-corrected chi connectivity index (χ2v) is 3.59. The highest BCUT2D eigenvalue weighted by Crippen LogP contribution is 2.02. The quantitative estimate of drug-likeness (QED) is 0.596. The summed E-state index contributed by atoms with van der Waals surface area (Å²) in [4.78, 5) is 11.4. The lowest BCUT2D eigenvalue weighted by Gasteiger charge is -2.05. The molecule has 0 aliphatic rings. The molecule has 0 saturated carbocycles. The molecule has 94 valence electrons. The zero-order valence-corrected chi connectivity index (χ0v) is 10.1. The van der Waals surface area contributed by atoms with Crippen LogP contribution >= 0.6 is 0 Å². The molecule has 0 spiro atoms. The van der Waals surface area contributed by atoms with Crippen molar-refractivity contribution in [3.63, 3.8) is 0 Å². The molecule has 4 N–H and O–H groups in total. The summed E-state index contributed by atoms with van der Waals surface area (Å²) < 4.78 is 0. The van der Waals surface area contributed by atoms with Gasteiger partial charge in [-0.15, -0.1) is 10.2 Å². The van der Waals surface area contributed by atoms with Crippen LogP contribution in [0.15, 0.2) is 12.1 Å². The van der Waals surface area contributed by atoms with Crippen LogP contribution in [0.3, 0.4) is 0 Å². The lowest BCUT2D eigenvalue weighted by atomic mass is 10.3. The number of carbonyl (C=O) groups excluding carboxylic acids is 1. The fraction of sp³-hybridized carbons (Fsp3) is 0.545. The van der Waals surface area contributed by atoms with Gasteiger partial charge in [-0.3, -0.25) is 4.79 Å². The largest absolute Gasteiger partial charge is 0.369 e. The lowest BCUT2D eigenvalue weighted by Crippen LogP contribution is -2.24. The van der Waals surface area contributed by atoms with Crippen LogP contribution in [0, 0.1) is 0 Å². The van der Waals surface area contributed by atoms with E-state index in [9.17, 15) is 4.79 Å². The topological polar surface area (TPSA) is 92.9 Å². The molecule has 0 aliphatic carbocycles. The van der Waals surface area contributed by atoms with E-state index in [1.807, 2.05) is 6.92 Å². The second-order valence-electron chi connectivity index (χ2n) is 3.59. The van der Waals surface area contributed by atoms with Crippen LogP contribution in [0.4, 0.5) is 5.82 Å². The van der Waals surface area contributed by atoms with Gasteiger partial charge in [-0.05, 0) is 38.4 Å². The summed E-state index contributed by atoms with van der Waals surface area (Å²) in [6.45, 7) is 3.95. The standard InChI is InChI=1S/C11H19N5O/c1-2-13-11(17)9-5-6-10(16-15-9)14-8-4-3-7-12/h5-6H,2-4,7-8,12H2,1H3,(H,13,17)(H,14,16). The number of amides is 1. The van der Waals surface area contributed by atoms with Gasteiger partial charge >= 0.3 is 0 Å². The molecule has 0 radical (unpaired) electrons. The summed E-state index contributed by atoms with van der Waals surface area (Å²) in [6.07, 6.45) is 1.98. The molecule has 1 amide bonds. The molecule has 0 aliphatic heterocycles. The molecule has 1 rings (SSSR count). The summed E-state index contributed by atoms with van der Waals surface area (Å²) in [7, 11) is 0. The van der Waals surface area contributed by atoms with Gasteiger partial charge in [-0.2, -0.15) is 0 Å². The van der Waals surface area contributed by atoms with Crippen molar-refractivity contribution < 1.29 is 4.79 Å². The van der Waals surface area contributed by atoms with Gasteiger partial charge in [0, 0.05) is 13.1 Å². The van der Waals surface area contributed by atoms with Crippen molar-refractivity contribution >= 4 is 11.7 Å². The van der Waals surface area contributed by atoms with E-state index in [-0.39, 0.29) is 5.91 Å². The van der Waals surface area contributed by atoms with Crippen molar-refractivity contribution in [3.05, 3.63) is 17.8 Å². The Hall–Kier alpha value is -1.69. The van der Waals surface area contributed by atoms with Crippen LogP contribution in [0.5, 0.6) is 0 Å². The fourth-order valence-electron chi connectivity index (χ4n) is 1.28. The molecular formula is C11H19N5O. The number of nitrogens with zero attached hydrogens (tertiary/aromatic N) is 2. The van der Waals surface area contributed by atoms with Crippen molar-refractivity contribution in [2.24, 2.45) is 5.73 Å². The Labute approximate surface area is 101 Å². The maximum absolute atomic E-state index is 11.4. The number of nitrogens with one attached hydrogen (secondary N) is 2. The number of anilines is 1. The van der Waals surface area contributed by atoms with E-state index < -0.39 is 0 Å². The highest BCUT2D eigenvalue weighted by atomic mass is 16.1. The van der Waals surface area contributed by atoms with E-state index in [2.05, 4.69) is 20.8 Å². The lowest BCUT2D eigenvalue weighted by molar-refractivity contribution is 0.0950. The Kier molecular flexibility index (Phi) is 5.95. The Bertz CT molecular complexity index is 338. The number of hydrogen-bond donors (Lipinski definition) is 3. The Morgan fingerprint density at radius 2 is 2.18 bits per heavy atom. The first-order valence-electron chi connectivity index (χ1n) is 5.83. The second kappa shape index (κ2) is 7.56. The summed E-state index contributed by atoms with van der Waals surface area (Å²) >= 11 is 0. The average molecular weight is 237 g/mol. The molecule has 0 fully saturated rings. The number of unbranched alkanes of at least 4 members (excludes halogenated alkanes) is 1. The van der Waals surface area contributed by atoms with E-state index in [0.717, 1.165) is 19.4 Å². The molecule has 6 nitrogen and oxygen atoms in total. The van der Waals surface area contributed by atoms with E-state index in [1.54, 1.807) is 12.1 Å². The zero-order valence-electron chi connectivity index (χ0n) is 10.1. The number of nitrogens with two attached hydrogens (primary N) is 1. The highest BCUT2D eigenvalue weighted by Gasteiger charge is 2.05. The summed E-state index contributed by atoms with van der Waals surface area (Å²) in [5.74, 6) is 0.477. The monoisotopic (exact) mass is 237 g/mol. The zero-order chi connectivity index (χ0) is 12.5. The number of carbonyl (C=O) groups is 1. The van der Waals surface area contributed by atoms with Crippen molar-refractivity contribution in [3.8, 4) is 0 Å². The van der Waals surface area contributed by atoms with Gasteiger partial charge in [-0.1, -0.05) is 0 Å². The molecular weight excluding hydrogens is 218 g/mol. The van der Waals surface area contributed by atoms with Crippen molar-refractivity contribution in [2.75, 3.05) is 25.0 Å². The summed E-state index contributed by atoms with van der Waals surface area (Å²) in [5.41, 5.74) is 5.72. The third kappa shape index (κ3) is 4.78. The Morgan fingerprint density at radius 1 is 1.35 bits per heavy atom. The van der Waals surface area contributed by atoms with Crippen molar-refractivity contribution in [1.29, 1.82) is 0 Å². The molecule has 1 heterocycles. The first-order chi connectivity index (χ1) is 8.27. The van der Waals surface area contributed by atoms with Crippen molar-refractivity contribution in [2.45, 2.75) is 19.8 Å². The molecule has 0 atom stereocenters. The molecule has 0 bridgehead atoms. The van der Waals surface area contributed by atoms with E-state index >= 15 is 0 Å². The number of rotatable bonds is 7. The van der Waals surface area contributed by atoms with Gasteiger partial charge in [0.2, 0.25) is 0 Å². The minimum atomic E-state index is -0.199. The van der Waals surface area contributed by atoms with Gasteiger partial charge in [-0.25, -0.2) is 0 Å². The summed E-state index contributed by atoms with van der Waals surface area (Å²) in [5, 5.41) is 13.6. The predicted molar refractivity (Wildman–Crippen MR) is 66.8 cm³/mol. The van der Waals surface area contributed by atoms with Gasteiger partial charge in [0.25, 0.3) is 5.91 Å². The average Bonchev–Trinajstić information content (AvgIpc) is 2.36. The third-order valence-corrected chi connectivity index (χ3v) is 2.17. The molecule has 6 heteroatoms. The van der Waals surface area contributed by atoms with E-state index in [0.29, 0.717) is 24.6 Å². The van der Waals surface area contributed by atoms with Crippen LogP contribution in [0.25, 0.3) is 0 Å². The molecule has 0 saturated heterocycles. The van der Waals surface area contributed by atoms with Crippen molar-refractivity contribution in [1.82, 2.24) is 15.5 Å². The maximum atomic E-state index is 11.4. The van der Waals surface area contributed by atoms with Gasteiger partial charge < -0.3 is 16.4 Å². The van der Waals surface area contributed by atoms with Gasteiger partial charge in [0.1, 0.15) is 5.82 Å². The SMILES string of the molecule is CCNC(=O)c1ccc(NCCCCN)nn1. The minimum Gasteiger partial charge on any atom is -0.369 e. The normalized spacial score (nSPS) is 10.0. The molecule has 0 unspecified atom stereocenters.